The molecule has 0 saturated heterocycles. The van der Waals surface area contributed by atoms with E-state index in [1.807, 2.05) is 38.4 Å². The van der Waals surface area contributed by atoms with Crippen LogP contribution in [0.4, 0.5) is 0 Å². The highest BCUT2D eigenvalue weighted by atomic mass is 16.5. The summed E-state index contributed by atoms with van der Waals surface area (Å²) >= 11 is 0. The van der Waals surface area contributed by atoms with Crippen LogP contribution in [0.2, 0.25) is 0 Å². The van der Waals surface area contributed by atoms with Gasteiger partial charge in [0.05, 0.1) is 12.7 Å². The molecule has 2 rings (SSSR count). The molecule has 0 radical (unpaired) electrons. The summed E-state index contributed by atoms with van der Waals surface area (Å²) in [7, 11) is 5.75. The molecular weight excluding hydrogens is 226 g/mol. The number of hydrogen-bond acceptors (Lipinski definition) is 3. The third-order valence-electron chi connectivity index (χ3n) is 3.78. The van der Waals surface area contributed by atoms with E-state index in [2.05, 4.69) is 4.90 Å². The fourth-order valence-corrected chi connectivity index (χ4v) is 2.42. The first-order valence-electron chi connectivity index (χ1n) is 6.58. The minimum absolute atomic E-state index is 0.422. The van der Waals surface area contributed by atoms with Gasteiger partial charge in [-0.3, -0.25) is 0 Å². The zero-order chi connectivity index (χ0) is 13.2. The first kappa shape index (κ1) is 13.4. The van der Waals surface area contributed by atoms with Crippen LogP contribution in [0.15, 0.2) is 24.3 Å². The molecule has 0 aromatic heterocycles. The maximum atomic E-state index is 11.0. The molecule has 1 fully saturated rings. The molecule has 18 heavy (non-hydrogen) atoms. The van der Waals surface area contributed by atoms with E-state index in [4.69, 9.17) is 4.74 Å². The second kappa shape index (κ2) is 5.29. The molecule has 1 aliphatic rings. The zero-order valence-electron chi connectivity index (χ0n) is 11.5. The summed E-state index contributed by atoms with van der Waals surface area (Å²) in [6.45, 7) is 0.902. The monoisotopic (exact) mass is 249 g/mol. The van der Waals surface area contributed by atoms with Crippen LogP contribution < -0.4 is 4.74 Å². The Kier molecular flexibility index (Phi) is 3.93. The molecule has 0 aliphatic heterocycles. The molecule has 1 aromatic rings. The summed E-state index contributed by atoms with van der Waals surface area (Å²) in [6, 6.07) is 7.84. The molecule has 0 heterocycles. The quantitative estimate of drug-likeness (QED) is 0.839. The summed E-state index contributed by atoms with van der Waals surface area (Å²) in [5.74, 6) is 1.26. The molecule has 1 atom stereocenters. The third kappa shape index (κ3) is 2.85. The Labute approximate surface area is 109 Å². The van der Waals surface area contributed by atoms with Crippen molar-refractivity contribution < 1.29 is 9.84 Å². The predicted molar refractivity (Wildman–Crippen MR) is 72.8 cm³/mol. The first-order chi connectivity index (χ1) is 8.56. The fraction of sp³-hybridized carbons (Fsp3) is 0.600. The summed E-state index contributed by atoms with van der Waals surface area (Å²) in [6.07, 6.45) is 3.06. The Morgan fingerprint density at radius 2 is 1.89 bits per heavy atom. The summed E-state index contributed by atoms with van der Waals surface area (Å²) < 4.78 is 5.17. The van der Waals surface area contributed by atoms with Gasteiger partial charge in [-0.25, -0.2) is 0 Å². The second-order valence-electron chi connectivity index (χ2n) is 5.48. The highest BCUT2D eigenvalue weighted by Crippen LogP contribution is 2.47. The lowest BCUT2D eigenvalue weighted by Gasteiger charge is -2.30. The number of hydrogen-bond donors (Lipinski definition) is 1. The van der Waals surface area contributed by atoms with Gasteiger partial charge >= 0.3 is 0 Å². The fourth-order valence-electron chi connectivity index (χ4n) is 2.42. The minimum Gasteiger partial charge on any atom is -0.497 e. The first-order valence-corrected chi connectivity index (χ1v) is 6.58. The molecule has 0 amide bonds. The Morgan fingerprint density at radius 3 is 2.33 bits per heavy atom. The molecule has 3 heteroatoms. The van der Waals surface area contributed by atoms with Crippen molar-refractivity contribution in [3.8, 4) is 5.75 Å². The number of ether oxygens (including phenoxy) is 1. The van der Waals surface area contributed by atoms with Gasteiger partial charge in [0.15, 0.2) is 0 Å². The van der Waals surface area contributed by atoms with Gasteiger partial charge in [-0.1, -0.05) is 12.1 Å². The van der Waals surface area contributed by atoms with Crippen LogP contribution >= 0.6 is 0 Å². The van der Waals surface area contributed by atoms with Crippen molar-refractivity contribution in [2.45, 2.75) is 24.9 Å². The summed E-state index contributed by atoms with van der Waals surface area (Å²) in [4.78, 5) is 2.12. The van der Waals surface area contributed by atoms with Gasteiger partial charge in [-0.15, -0.1) is 0 Å². The lowest BCUT2D eigenvalue weighted by molar-refractivity contribution is -0.00154. The summed E-state index contributed by atoms with van der Waals surface area (Å²) in [5.41, 5.74) is 0.351. The number of nitrogens with zero attached hydrogens (tertiary/aromatic N) is 1. The number of rotatable bonds is 6. The topological polar surface area (TPSA) is 32.7 Å². The average molecular weight is 249 g/mol. The minimum atomic E-state index is -0.670. The zero-order valence-corrected chi connectivity index (χ0v) is 11.5. The normalized spacial score (nSPS) is 18.7. The standard InChI is InChI=1S/C15H23NO2/c1-16(2)11-10-15(17,12-4-5-12)13-6-8-14(18-3)9-7-13/h6-9,12,17H,4-5,10-11H2,1-3H3. The van der Waals surface area contributed by atoms with Crippen LogP contribution in [-0.2, 0) is 5.60 Å². The van der Waals surface area contributed by atoms with Crippen molar-refractivity contribution in [1.29, 1.82) is 0 Å². The molecule has 1 unspecified atom stereocenters. The van der Waals surface area contributed by atoms with Crippen LogP contribution in [0.25, 0.3) is 0 Å². The summed E-state index contributed by atoms with van der Waals surface area (Å²) in [5, 5.41) is 11.0. The van der Waals surface area contributed by atoms with E-state index in [9.17, 15) is 5.11 Å². The Bertz CT molecular complexity index is 384. The molecule has 0 bridgehead atoms. The maximum Gasteiger partial charge on any atom is 0.118 e. The predicted octanol–water partition coefficient (Wildman–Crippen LogP) is 2.24. The Balaban J connectivity index is 2.17. The van der Waals surface area contributed by atoms with Gasteiger partial charge in [0.1, 0.15) is 5.75 Å². The van der Waals surface area contributed by atoms with E-state index >= 15 is 0 Å². The number of methoxy groups -OCH3 is 1. The van der Waals surface area contributed by atoms with E-state index in [0.29, 0.717) is 5.92 Å². The van der Waals surface area contributed by atoms with Crippen molar-refractivity contribution in [3.63, 3.8) is 0 Å². The molecular formula is C15H23NO2. The Morgan fingerprint density at radius 1 is 1.28 bits per heavy atom. The van der Waals surface area contributed by atoms with Crippen molar-refractivity contribution >= 4 is 0 Å². The van der Waals surface area contributed by atoms with Crippen LogP contribution in [-0.4, -0.2) is 37.8 Å². The van der Waals surface area contributed by atoms with E-state index in [1.165, 1.54) is 0 Å². The van der Waals surface area contributed by atoms with E-state index in [1.54, 1.807) is 7.11 Å². The van der Waals surface area contributed by atoms with Gasteiger partial charge in [0.2, 0.25) is 0 Å². The smallest absolute Gasteiger partial charge is 0.118 e. The van der Waals surface area contributed by atoms with E-state index < -0.39 is 5.60 Å². The van der Waals surface area contributed by atoms with Crippen molar-refractivity contribution in [1.82, 2.24) is 4.90 Å². The molecule has 0 spiro atoms. The van der Waals surface area contributed by atoms with Crippen molar-refractivity contribution in [2.75, 3.05) is 27.7 Å². The third-order valence-corrected chi connectivity index (χ3v) is 3.78. The maximum absolute atomic E-state index is 11.0. The SMILES string of the molecule is COc1ccc(C(O)(CCN(C)C)C2CC2)cc1. The van der Waals surface area contributed by atoms with Gasteiger partial charge < -0.3 is 14.7 Å². The van der Waals surface area contributed by atoms with E-state index in [0.717, 1.165) is 37.1 Å². The van der Waals surface area contributed by atoms with Crippen LogP contribution in [0, 0.1) is 5.92 Å². The lowest BCUT2D eigenvalue weighted by atomic mass is 9.85. The molecule has 1 N–H and O–H groups in total. The van der Waals surface area contributed by atoms with Crippen LogP contribution in [0.1, 0.15) is 24.8 Å². The largest absolute Gasteiger partial charge is 0.497 e. The highest BCUT2D eigenvalue weighted by Gasteiger charge is 2.44. The van der Waals surface area contributed by atoms with Gasteiger partial charge in [-0.2, -0.15) is 0 Å². The van der Waals surface area contributed by atoms with Gasteiger partial charge in [0.25, 0.3) is 0 Å². The molecule has 1 aromatic carbocycles. The van der Waals surface area contributed by atoms with Gasteiger partial charge in [0, 0.05) is 6.54 Å². The molecule has 1 saturated carbocycles. The highest BCUT2D eigenvalue weighted by molar-refractivity contribution is 5.32. The van der Waals surface area contributed by atoms with Gasteiger partial charge in [-0.05, 0) is 57.0 Å². The van der Waals surface area contributed by atoms with Crippen molar-refractivity contribution in [3.05, 3.63) is 29.8 Å². The second-order valence-corrected chi connectivity index (χ2v) is 5.48. The number of benzene rings is 1. The molecule has 1 aliphatic carbocycles. The average Bonchev–Trinajstić information content (AvgIpc) is 3.20. The van der Waals surface area contributed by atoms with E-state index in [-0.39, 0.29) is 0 Å². The molecule has 100 valence electrons. The van der Waals surface area contributed by atoms with Crippen LogP contribution in [0.3, 0.4) is 0 Å². The Hall–Kier alpha value is -1.06. The molecule has 3 nitrogen and oxygen atoms in total. The van der Waals surface area contributed by atoms with Crippen LogP contribution in [0.5, 0.6) is 5.75 Å². The van der Waals surface area contributed by atoms with Crippen molar-refractivity contribution in [2.24, 2.45) is 5.92 Å². The number of aliphatic hydroxyl groups is 1. The lowest BCUT2D eigenvalue weighted by Crippen LogP contribution is -2.32.